The first-order valence-corrected chi connectivity index (χ1v) is 5.60. The Hall–Kier alpha value is -1.52. The van der Waals surface area contributed by atoms with E-state index in [9.17, 15) is 4.79 Å². The number of hydrogen-bond acceptors (Lipinski definition) is 3. The highest BCUT2D eigenvalue weighted by atomic mass is 35.5. The van der Waals surface area contributed by atoms with Gasteiger partial charge in [0.2, 0.25) is 0 Å². The zero-order valence-corrected chi connectivity index (χ0v) is 10.2. The largest absolute Gasteiger partial charge is 0.440 e. The molecule has 0 bridgehead atoms. The van der Waals surface area contributed by atoms with Crippen LogP contribution >= 0.6 is 23.2 Å². The van der Waals surface area contributed by atoms with Gasteiger partial charge in [-0.05, 0) is 12.1 Å². The number of halogens is 2. The molecule has 0 aliphatic carbocycles. The smallest absolute Gasteiger partial charge is 0.278 e. The first-order chi connectivity index (χ1) is 8.06. The molecule has 0 saturated carbocycles. The summed E-state index contributed by atoms with van der Waals surface area (Å²) in [5.74, 6) is 0.420. The third kappa shape index (κ3) is 1.52. The molecule has 2 heterocycles. The molecule has 0 amide bonds. The van der Waals surface area contributed by atoms with Crippen LogP contribution in [0.5, 0.6) is 0 Å². The van der Waals surface area contributed by atoms with Gasteiger partial charge in [-0.1, -0.05) is 23.2 Å². The van der Waals surface area contributed by atoms with Crippen molar-refractivity contribution in [2.45, 2.75) is 6.92 Å². The van der Waals surface area contributed by atoms with Crippen LogP contribution in [0.3, 0.4) is 0 Å². The number of hydrogen-bond donors (Lipinski definition) is 1. The maximum Gasteiger partial charge on any atom is 0.278 e. The first kappa shape index (κ1) is 10.6. The molecule has 0 saturated heterocycles. The van der Waals surface area contributed by atoms with Crippen LogP contribution in [-0.4, -0.2) is 9.97 Å². The summed E-state index contributed by atoms with van der Waals surface area (Å²) in [5.41, 5.74) is 0.862. The molecular weight excluding hydrogens is 263 g/mol. The van der Waals surface area contributed by atoms with Crippen LogP contribution in [0.1, 0.15) is 5.89 Å². The summed E-state index contributed by atoms with van der Waals surface area (Å²) in [5, 5.41) is 1.49. The molecule has 0 fully saturated rings. The predicted octanol–water partition coefficient (Wildman–Crippen LogP) is 3.28. The second-order valence-electron chi connectivity index (χ2n) is 3.67. The van der Waals surface area contributed by atoms with E-state index in [1.165, 1.54) is 0 Å². The van der Waals surface area contributed by atoms with Crippen molar-refractivity contribution in [2.75, 3.05) is 0 Å². The van der Waals surface area contributed by atoms with Gasteiger partial charge in [-0.15, -0.1) is 0 Å². The molecule has 6 heteroatoms. The van der Waals surface area contributed by atoms with E-state index in [0.29, 0.717) is 32.4 Å². The van der Waals surface area contributed by atoms with Crippen molar-refractivity contribution in [1.82, 2.24) is 9.97 Å². The molecule has 3 rings (SSSR count). The Morgan fingerprint density at radius 1 is 1.35 bits per heavy atom. The summed E-state index contributed by atoms with van der Waals surface area (Å²) in [6, 6.07) is 3.22. The second-order valence-corrected chi connectivity index (χ2v) is 4.52. The lowest BCUT2D eigenvalue weighted by atomic mass is 10.2. The molecule has 1 N–H and O–H groups in total. The highest BCUT2D eigenvalue weighted by Gasteiger charge is 2.14. The summed E-state index contributed by atoms with van der Waals surface area (Å²) >= 11 is 12.0. The fraction of sp³-hybridized carbons (Fsp3) is 0.0909. The molecular formula is C11H6Cl2N2O2. The van der Waals surface area contributed by atoms with Gasteiger partial charge in [0.25, 0.3) is 5.56 Å². The quantitative estimate of drug-likeness (QED) is 0.681. The summed E-state index contributed by atoms with van der Waals surface area (Å²) in [6.45, 7) is 1.68. The number of pyridine rings is 1. The lowest BCUT2D eigenvalue weighted by molar-refractivity contribution is 0.563. The maximum atomic E-state index is 11.8. The van der Waals surface area contributed by atoms with E-state index in [4.69, 9.17) is 27.6 Å². The molecule has 86 valence electrons. The first-order valence-electron chi connectivity index (χ1n) is 4.84. The zero-order valence-electron chi connectivity index (χ0n) is 8.67. The second kappa shape index (κ2) is 3.48. The van der Waals surface area contributed by atoms with E-state index in [-0.39, 0.29) is 11.1 Å². The van der Waals surface area contributed by atoms with Crippen molar-refractivity contribution in [3.8, 4) is 0 Å². The van der Waals surface area contributed by atoms with Crippen LogP contribution in [0.25, 0.3) is 22.0 Å². The molecule has 4 nitrogen and oxygen atoms in total. The molecule has 0 atom stereocenters. The van der Waals surface area contributed by atoms with Crippen LogP contribution in [0, 0.1) is 6.92 Å². The molecule has 17 heavy (non-hydrogen) atoms. The van der Waals surface area contributed by atoms with Gasteiger partial charge in [0.1, 0.15) is 0 Å². The number of aryl methyl sites for hydroxylation is 1. The fourth-order valence-electron chi connectivity index (χ4n) is 1.83. The third-order valence-corrected chi connectivity index (χ3v) is 3.00. The number of oxazole rings is 1. The number of rotatable bonds is 0. The maximum absolute atomic E-state index is 11.8. The average molecular weight is 269 g/mol. The Labute approximate surface area is 105 Å². The normalized spacial score (nSPS) is 11.5. The van der Waals surface area contributed by atoms with Gasteiger partial charge in [-0.3, -0.25) is 4.79 Å². The zero-order chi connectivity index (χ0) is 12.2. The molecule has 1 aromatic carbocycles. The van der Waals surface area contributed by atoms with Crippen molar-refractivity contribution in [3.63, 3.8) is 0 Å². The molecule has 0 unspecified atom stereocenters. The fourth-order valence-corrected chi connectivity index (χ4v) is 2.41. The van der Waals surface area contributed by atoms with Gasteiger partial charge < -0.3 is 9.40 Å². The van der Waals surface area contributed by atoms with Gasteiger partial charge in [-0.2, -0.15) is 0 Å². The lowest BCUT2D eigenvalue weighted by Crippen LogP contribution is -2.06. The predicted molar refractivity (Wildman–Crippen MR) is 66.9 cm³/mol. The Balaban J connectivity index is 2.67. The van der Waals surface area contributed by atoms with Crippen LogP contribution in [0.4, 0.5) is 0 Å². The molecule has 0 aliphatic rings. The van der Waals surface area contributed by atoms with Crippen LogP contribution < -0.4 is 5.56 Å². The summed E-state index contributed by atoms with van der Waals surface area (Å²) < 4.78 is 5.42. The van der Waals surface area contributed by atoms with Gasteiger partial charge >= 0.3 is 0 Å². The Bertz CT molecular complexity index is 804. The third-order valence-electron chi connectivity index (χ3n) is 2.48. The highest BCUT2D eigenvalue weighted by molar-refractivity contribution is 6.39. The number of nitrogens with zero attached hydrogens (tertiary/aromatic N) is 1. The van der Waals surface area contributed by atoms with Gasteiger partial charge in [0.05, 0.1) is 15.9 Å². The number of fused-ring (bicyclic) bond motifs is 3. The van der Waals surface area contributed by atoms with E-state index in [1.807, 2.05) is 0 Å². The summed E-state index contributed by atoms with van der Waals surface area (Å²) in [6.07, 6.45) is 0. The number of benzene rings is 1. The summed E-state index contributed by atoms with van der Waals surface area (Å²) in [4.78, 5) is 18.5. The highest BCUT2D eigenvalue weighted by Crippen LogP contribution is 2.31. The van der Waals surface area contributed by atoms with Crippen molar-refractivity contribution in [2.24, 2.45) is 0 Å². The minimum atomic E-state index is -0.317. The SMILES string of the molecule is Cc1nc2c(=O)[nH]c3cc(Cl)cc(Cl)c3c2o1. The summed E-state index contributed by atoms with van der Waals surface area (Å²) in [7, 11) is 0. The van der Waals surface area contributed by atoms with Crippen molar-refractivity contribution in [3.05, 3.63) is 38.4 Å². The van der Waals surface area contributed by atoms with Crippen molar-refractivity contribution in [1.29, 1.82) is 0 Å². The minimum absolute atomic E-state index is 0.249. The number of nitrogens with one attached hydrogen (secondary N) is 1. The lowest BCUT2D eigenvalue weighted by Gasteiger charge is -2.01. The standard InChI is InChI=1S/C11H6Cl2N2O2/c1-4-14-9-10(17-4)8-6(13)2-5(12)3-7(8)15-11(9)16/h2-3H,1H3,(H,15,16). The van der Waals surface area contributed by atoms with E-state index >= 15 is 0 Å². The van der Waals surface area contributed by atoms with E-state index in [2.05, 4.69) is 9.97 Å². The monoisotopic (exact) mass is 268 g/mol. The van der Waals surface area contributed by atoms with E-state index in [1.54, 1.807) is 19.1 Å². The number of aromatic nitrogens is 2. The molecule has 0 aliphatic heterocycles. The van der Waals surface area contributed by atoms with Crippen LogP contribution in [0.2, 0.25) is 10.0 Å². The molecule has 3 aromatic rings. The molecule has 0 radical (unpaired) electrons. The van der Waals surface area contributed by atoms with Gasteiger partial charge in [0.15, 0.2) is 17.0 Å². The van der Waals surface area contributed by atoms with Gasteiger partial charge in [-0.25, -0.2) is 4.98 Å². The number of aromatic amines is 1. The van der Waals surface area contributed by atoms with E-state index < -0.39 is 0 Å². The Kier molecular flexibility index (Phi) is 2.18. The van der Waals surface area contributed by atoms with Crippen molar-refractivity contribution < 1.29 is 4.42 Å². The van der Waals surface area contributed by atoms with Crippen LogP contribution in [-0.2, 0) is 0 Å². The van der Waals surface area contributed by atoms with E-state index in [0.717, 1.165) is 0 Å². The van der Waals surface area contributed by atoms with Crippen LogP contribution in [0.15, 0.2) is 21.3 Å². The van der Waals surface area contributed by atoms with Gasteiger partial charge in [0, 0.05) is 11.9 Å². The average Bonchev–Trinajstić information content (AvgIpc) is 2.58. The molecule has 2 aromatic heterocycles. The Morgan fingerprint density at radius 3 is 2.88 bits per heavy atom. The topological polar surface area (TPSA) is 58.9 Å². The number of H-pyrrole nitrogens is 1. The molecule has 0 spiro atoms. The Morgan fingerprint density at radius 2 is 2.12 bits per heavy atom. The minimum Gasteiger partial charge on any atom is -0.440 e. The van der Waals surface area contributed by atoms with Crippen molar-refractivity contribution >= 4 is 45.2 Å².